The van der Waals surface area contributed by atoms with Crippen molar-refractivity contribution < 1.29 is 9.84 Å². The second-order valence-corrected chi connectivity index (χ2v) is 2.90. The third-order valence-corrected chi connectivity index (χ3v) is 2.21. The number of ether oxygens (including phenoxy) is 1. The van der Waals surface area contributed by atoms with Gasteiger partial charge in [-0.15, -0.1) is 0 Å². The van der Waals surface area contributed by atoms with Crippen molar-refractivity contribution in [1.29, 1.82) is 0 Å². The normalized spacial score (nSPS) is 34.2. The van der Waals surface area contributed by atoms with Crippen LogP contribution in [0.15, 0.2) is 0 Å². The highest BCUT2D eigenvalue weighted by Crippen LogP contribution is 2.21. The molecule has 1 heterocycles. The Morgan fingerprint density at radius 2 is 2.40 bits per heavy atom. The SMILES string of the molecule is CCC1OCCCC1CO. The molecule has 0 radical (unpaired) electrons. The summed E-state index contributed by atoms with van der Waals surface area (Å²) in [6.07, 6.45) is 3.60. The van der Waals surface area contributed by atoms with E-state index in [9.17, 15) is 0 Å². The highest BCUT2D eigenvalue weighted by Gasteiger charge is 2.22. The van der Waals surface area contributed by atoms with E-state index in [1.807, 2.05) is 0 Å². The third-order valence-electron chi connectivity index (χ3n) is 2.21. The predicted molar refractivity (Wildman–Crippen MR) is 39.8 cm³/mol. The van der Waals surface area contributed by atoms with Crippen LogP contribution in [-0.4, -0.2) is 24.4 Å². The van der Waals surface area contributed by atoms with E-state index in [1.165, 1.54) is 0 Å². The van der Waals surface area contributed by atoms with Crippen LogP contribution in [0.1, 0.15) is 26.2 Å². The molecular weight excluding hydrogens is 128 g/mol. The lowest BCUT2D eigenvalue weighted by Crippen LogP contribution is -2.31. The molecule has 0 aliphatic carbocycles. The van der Waals surface area contributed by atoms with Gasteiger partial charge in [0.25, 0.3) is 0 Å². The fraction of sp³-hybridized carbons (Fsp3) is 1.00. The highest BCUT2D eigenvalue weighted by atomic mass is 16.5. The van der Waals surface area contributed by atoms with Crippen LogP contribution in [0.3, 0.4) is 0 Å². The first-order valence-corrected chi connectivity index (χ1v) is 4.11. The molecule has 2 heteroatoms. The quantitative estimate of drug-likeness (QED) is 0.630. The van der Waals surface area contributed by atoms with E-state index in [-0.39, 0.29) is 0 Å². The maximum atomic E-state index is 8.91. The minimum atomic E-state index is 0.290. The van der Waals surface area contributed by atoms with Crippen LogP contribution in [0.25, 0.3) is 0 Å². The molecule has 1 fully saturated rings. The second kappa shape index (κ2) is 3.94. The Kier molecular flexibility index (Phi) is 3.16. The molecule has 1 aliphatic rings. The predicted octanol–water partition coefficient (Wildman–Crippen LogP) is 1.18. The number of hydrogen-bond acceptors (Lipinski definition) is 2. The van der Waals surface area contributed by atoms with Crippen LogP contribution >= 0.6 is 0 Å². The average molecular weight is 144 g/mol. The molecule has 60 valence electrons. The van der Waals surface area contributed by atoms with Gasteiger partial charge in [0.1, 0.15) is 0 Å². The van der Waals surface area contributed by atoms with Gasteiger partial charge in [-0.2, -0.15) is 0 Å². The first-order valence-electron chi connectivity index (χ1n) is 4.11. The van der Waals surface area contributed by atoms with E-state index in [0.717, 1.165) is 25.9 Å². The Bertz CT molecular complexity index is 81.3. The molecule has 2 atom stereocenters. The van der Waals surface area contributed by atoms with E-state index < -0.39 is 0 Å². The molecule has 1 N–H and O–H groups in total. The Labute approximate surface area is 62.2 Å². The molecule has 1 rings (SSSR count). The van der Waals surface area contributed by atoms with Gasteiger partial charge in [-0.25, -0.2) is 0 Å². The molecule has 0 spiro atoms. The summed E-state index contributed by atoms with van der Waals surface area (Å²) in [4.78, 5) is 0. The van der Waals surface area contributed by atoms with Gasteiger partial charge in [0.05, 0.1) is 6.10 Å². The van der Waals surface area contributed by atoms with Gasteiger partial charge in [-0.3, -0.25) is 0 Å². The molecule has 1 saturated heterocycles. The van der Waals surface area contributed by atoms with Crippen LogP contribution < -0.4 is 0 Å². The fourth-order valence-electron chi connectivity index (χ4n) is 1.56. The van der Waals surface area contributed by atoms with E-state index in [0.29, 0.717) is 18.6 Å². The molecule has 0 amide bonds. The molecule has 2 nitrogen and oxygen atoms in total. The Hall–Kier alpha value is -0.0800. The standard InChI is InChI=1S/C8H16O2/c1-2-8-7(6-9)4-3-5-10-8/h7-9H,2-6H2,1H3. The van der Waals surface area contributed by atoms with Crippen molar-refractivity contribution >= 4 is 0 Å². The van der Waals surface area contributed by atoms with Gasteiger partial charge in [0.15, 0.2) is 0 Å². The van der Waals surface area contributed by atoms with Crippen molar-refractivity contribution in [2.75, 3.05) is 13.2 Å². The number of hydrogen-bond donors (Lipinski definition) is 1. The Morgan fingerprint density at radius 3 is 2.90 bits per heavy atom. The van der Waals surface area contributed by atoms with Crippen LogP contribution in [0.4, 0.5) is 0 Å². The van der Waals surface area contributed by atoms with Gasteiger partial charge < -0.3 is 9.84 Å². The number of rotatable bonds is 2. The van der Waals surface area contributed by atoms with Gasteiger partial charge in [-0.1, -0.05) is 6.92 Å². The molecule has 0 aromatic rings. The summed E-state index contributed by atoms with van der Waals surface area (Å²) in [7, 11) is 0. The maximum absolute atomic E-state index is 8.91. The Morgan fingerprint density at radius 1 is 1.60 bits per heavy atom. The smallest absolute Gasteiger partial charge is 0.0622 e. The van der Waals surface area contributed by atoms with Crippen LogP contribution in [0.5, 0.6) is 0 Å². The van der Waals surface area contributed by atoms with Gasteiger partial charge in [0.2, 0.25) is 0 Å². The topological polar surface area (TPSA) is 29.5 Å². The molecule has 0 aromatic carbocycles. The largest absolute Gasteiger partial charge is 0.396 e. The monoisotopic (exact) mass is 144 g/mol. The first kappa shape index (κ1) is 8.02. The summed E-state index contributed by atoms with van der Waals surface area (Å²) >= 11 is 0. The molecule has 1 aliphatic heterocycles. The maximum Gasteiger partial charge on any atom is 0.0622 e. The van der Waals surface area contributed by atoms with Crippen molar-refractivity contribution in [2.24, 2.45) is 5.92 Å². The summed E-state index contributed by atoms with van der Waals surface area (Å²) in [5.41, 5.74) is 0. The van der Waals surface area contributed by atoms with E-state index in [1.54, 1.807) is 0 Å². The molecular formula is C8H16O2. The summed E-state index contributed by atoms with van der Waals surface area (Å²) < 4.78 is 5.47. The summed E-state index contributed by atoms with van der Waals surface area (Å²) in [6, 6.07) is 0. The van der Waals surface area contributed by atoms with E-state index >= 15 is 0 Å². The molecule has 10 heavy (non-hydrogen) atoms. The van der Waals surface area contributed by atoms with Crippen molar-refractivity contribution in [3.05, 3.63) is 0 Å². The van der Waals surface area contributed by atoms with Crippen LogP contribution in [-0.2, 0) is 4.74 Å². The highest BCUT2D eigenvalue weighted by molar-refractivity contribution is 4.72. The molecule has 0 saturated carbocycles. The van der Waals surface area contributed by atoms with E-state index in [4.69, 9.17) is 9.84 Å². The zero-order chi connectivity index (χ0) is 7.40. The zero-order valence-corrected chi connectivity index (χ0v) is 6.55. The molecule has 0 aromatic heterocycles. The molecule has 2 unspecified atom stereocenters. The second-order valence-electron chi connectivity index (χ2n) is 2.90. The number of aliphatic hydroxyl groups excluding tert-OH is 1. The van der Waals surface area contributed by atoms with Gasteiger partial charge in [-0.05, 0) is 19.3 Å². The minimum Gasteiger partial charge on any atom is -0.396 e. The van der Waals surface area contributed by atoms with Crippen molar-refractivity contribution in [2.45, 2.75) is 32.3 Å². The third kappa shape index (κ3) is 1.70. The van der Waals surface area contributed by atoms with E-state index in [2.05, 4.69) is 6.92 Å². The zero-order valence-electron chi connectivity index (χ0n) is 6.55. The summed E-state index contributed by atoms with van der Waals surface area (Å²) in [5.74, 6) is 0.402. The summed E-state index contributed by atoms with van der Waals surface area (Å²) in [6.45, 7) is 3.28. The number of aliphatic hydroxyl groups is 1. The fourth-order valence-corrected chi connectivity index (χ4v) is 1.56. The lowest BCUT2D eigenvalue weighted by molar-refractivity contribution is -0.0448. The first-order chi connectivity index (χ1) is 4.88. The van der Waals surface area contributed by atoms with Crippen molar-refractivity contribution in [3.63, 3.8) is 0 Å². The van der Waals surface area contributed by atoms with Gasteiger partial charge in [0, 0.05) is 19.1 Å². The lowest BCUT2D eigenvalue weighted by atomic mass is 9.94. The van der Waals surface area contributed by atoms with Crippen LogP contribution in [0, 0.1) is 5.92 Å². The van der Waals surface area contributed by atoms with Crippen molar-refractivity contribution in [1.82, 2.24) is 0 Å². The van der Waals surface area contributed by atoms with Gasteiger partial charge >= 0.3 is 0 Å². The van der Waals surface area contributed by atoms with Crippen LogP contribution in [0.2, 0.25) is 0 Å². The Balaban J connectivity index is 2.34. The molecule has 0 bridgehead atoms. The minimum absolute atomic E-state index is 0.290. The lowest BCUT2D eigenvalue weighted by Gasteiger charge is -2.29. The summed E-state index contributed by atoms with van der Waals surface area (Å²) in [5, 5.41) is 8.91. The average Bonchev–Trinajstić information content (AvgIpc) is 2.04. The van der Waals surface area contributed by atoms with Crippen molar-refractivity contribution in [3.8, 4) is 0 Å².